The van der Waals surface area contributed by atoms with Crippen LogP contribution >= 0.6 is 0 Å². The first-order valence-electron chi connectivity index (χ1n) is 10.3. The Morgan fingerprint density at radius 2 is 0.966 bits per heavy atom. The summed E-state index contributed by atoms with van der Waals surface area (Å²) in [5, 5.41) is 11.5. The molecule has 0 N–H and O–H groups in total. The summed E-state index contributed by atoms with van der Waals surface area (Å²) in [6, 6.07) is 0. The van der Waals surface area contributed by atoms with Gasteiger partial charge in [0.2, 0.25) is 0 Å². The first kappa shape index (κ1) is 19.6. The van der Waals surface area contributed by atoms with Crippen molar-refractivity contribution in [3.63, 3.8) is 0 Å². The highest BCUT2D eigenvalue weighted by atomic mass is 16.3. The van der Waals surface area contributed by atoms with Crippen LogP contribution in [0.25, 0.3) is 33.2 Å². The predicted molar refractivity (Wildman–Crippen MR) is 122 cm³/mol. The predicted octanol–water partition coefficient (Wildman–Crippen LogP) is 7.13. The van der Waals surface area contributed by atoms with Crippen LogP contribution < -0.4 is 0 Å². The minimum Gasteiger partial charge on any atom is -0.455 e. The Bertz CT molecular complexity index is 1340. The molecular formula is C26H30N2O. The highest BCUT2D eigenvalue weighted by Gasteiger charge is 2.24. The van der Waals surface area contributed by atoms with E-state index in [9.17, 15) is 0 Å². The molecule has 2 aromatic carbocycles. The Morgan fingerprint density at radius 1 is 0.448 bits per heavy atom. The third kappa shape index (κ3) is 2.49. The van der Waals surface area contributed by atoms with E-state index in [1.807, 2.05) is 6.92 Å². The molecule has 0 spiro atoms. The number of hydrogen-bond acceptors (Lipinski definition) is 3. The fourth-order valence-corrected chi connectivity index (χ4v) is 4.68. The lowest BCUT2D eigenvalue weighted by Crippen LogP contribution is -2.03. The molecule has 3 nitrogen and oxygen atoms in total. The topological polar surface area (TPSA) is 38.9 Å². The highest BCUT2D eigenvalue weighted by molar-refractivity contribution is 6.12. The van der Waals surface area contributed by atoms with Gasteiger partial charge < -0.3 is 4.42 Å². The molecule has 0 aliphatic rings. The first-order valence-corrected chi connectivity index (χ1v) is 10.3. The van der Waals surface area contributed by atoms with Gasteiger partial charge in [0.1, 0.15) is 11.2 Å². The molecule has 29 heavy (non-hydrogen) atoms. The number of furan rings is 1. The van der Waals surface area contributed by atoms with Crippen molar-refractivity contribution < 1.29 is 4.42 Å². The fraction of sp³-hybridized carbons (Fsp3) is 0.385. The molecule has 0 fully saturated rings. The second-order valence-corrected chi connectivity index (χ2v) is 8.64. The normalized spacial score (nSPS) is 11.8. The number of benzene rings is 2. The molecule has 3 heteroatoms. The van der Waals surface area contributed by atoms with Gasteiger partial charge in [0, 0.05) is 21.9 Å². The van der Waals surface area contributed by atoms with E-state index in [0.29, 0.717) is 0 Å². The van der Waals surface area contributed by atoms with Crippen molar-refractivity contribution in [1.29, 1.82) is 0 Å². The summed E-state index contributed by atoms with van der Waals surface area (Å²) < 4.78 is 6.57. The van der Waals surface area contributed by atoms with Gasteiger partial charge in [-0.2, -0.15) is 5.10 Å². The molecule has 0 bridgehead atoms. The number of nitrogens with zero attached hydrogens (tertiary/aromatic N) is 2. The quantitative estimate of drug-likeness (QED) is 0.349. The van der Waals surface area contributed by atoms with Crippen molar-refractivity contribution in [2.24, 2.45) is 0 Å². The lowest BCUT2D eigenvalue weighted by molar-refractivity contribution is 0.661. The summed E-state index contributed by atoms with van der Waals surface area (Å²) in [4.78, 5) is 0. The Kier molecular flexibility index (Phi) is 4.34. The molecule has 0 aliphatic heterocycles. The Hall–Kier alpha value is -2.68. The Balaban J connectivity index is 2.23. The molecule has 2 aromatic heterocycles. The molecule has 0 aliphatic carbocycles. The standard InChI is InChI=1S/C26H30N2O/c1-11-12(2)18(8)25-22(14(11)4)23-16(6)15(5)21(19(9)26(23)29-25)24-17(7)13(3)20(10)27-28-24/h1-10H3. The third-order valence-corrected chi connectivity index (χ3v) is 7.34. The second-order valence-electron chi connectivity index (χ2n) is 8.64. The largest absolute Gasteiger partial charge is 0.455 e. The van der Waals surface area contributed by atoms with Crippen LogP contribution in [0.1, 0.15) is 55.8 Å². The van der Waals surface area contributed by atoms with Crippen molar-refractivity contribution in [3.8, 4) is 11.3 Å². The lowest BCUT2D eigenvalue weighted by Gasteiger charge is -2.17. The van der Waals surface area contributed by atoms with Gasteiger partial charge in [-0.3, -0.25) is 0 Å². The van der Waals surface area contributed by atoms with E-state index in [0.717, 1.165) is 33.7 Å². The Morgan fingerprint density at radius 3 is 1.59 bits per heavy atom. The van der Waals surface area contributed by atoms with Gasteiger partial charge >= 0.3 is 0 Å². The molecule has 0 saturated heterocycles. The summed E-state index contributed by atoms with van der Waals surface area (Å²) in [6.45, 7) is 21.7. The molecule has 0 saturated carbocycles. The van der Waals surface area contributed by atoms with Crippen LogP contribution in [0.5, 0.6) is 0 Å². The van der Waals surface area contributed by atoms with Gasteiger partial charge in [-0.1, -0.05) is 0 Å². The molecular weight excluding hydrogens is 356 g/mol. The summed E-state index contributed by atoms with van der Waals surface area (Å²) in [5.41, 5.74) is 16.4. The average Bonchev–Trinajstić information content (AvgIpc) is 3.10. The van der Waals surface area contributed by atoms with E-state index in [1.54, 1.807) is 0 Å². The van der Waals surface area contributed by atoms with E-state index < -0.39 is 0 Å². The van der Waals surface area contributed by atoms with Crippen LogP contribution in [0.3, 0.4) is 0 Å². The molecule has 0 unspecified atom stereocenters. The van der Waals surface area contributed by atoms with Crippen LogP contribution in [-0.4, -0.2) is 10.2 Å². The van der Waals surface area contributed by atoms with Gasteiger partial charge in [-0.15, -0.1) is 5.10 Å². The molecule has 0 atom stereocenters. The molecule has 2 heterocycles. The van der Waals surface area contributed by atoms with Gasteiger partial charge in [-0.05, 0) is 114 Å². The highest BCUT2D eigenvalue weighted by Crippen LogP contribution is 2.44. The van der Waals surface area contributed by atoms with E-state index >= 15 is 0 Å². The van der Waals surface area contributed by atoms with Gasteiger partial charge in [-0.25, -0.2) is 0 Å². The van der Waals surface area contributed by atoms with Crippen molar-refractivity contribution in [3.05, 3.63) is 55.8 Å². The van der Waals surface area contributed by atoms with Gasteiger partial charge in [0.25, 0.3) is 0 Å². The zero-order valence-electron chi connectivity index (χ0n) is 19.3. The number of hydrogen-bond donors (Lipinski definition) is 0. The SMILES string of the molecule is Cc1nnc(-c2c(C)c(C)c3c(oc4c(C)c(C)c(C)c(C)c43)c2C)c(C)c1C. The maximum absolute atomic E-state index is 6.57. The van der Waals surface area contributed by atoms with Crippen molar-refractivity contribution in [1.82, 2.24) is 10.2 Å². The molecule has 4 rings (SSSR count). The average molecular weight is 387 g/mol. The summed E-state index contributed by atoms with van der Waals surface area (Å²) in [6.07, 6.45) is 0. The van der Waals surface area contributed by atoms with Crippen LogP contribution in [0.2, 0.25) is 0 Å². The minimum absolute atomic E-state index is 0.967. The Labute approximate surface area is 173 Å². The molecule has 4 aromatic rings. The zero-order chi connectivity index (χ0) is 21.4. The van der Waals surface area contributed by atoms with Crippen molar-refractivity contribution in [2.45, 2.75) is 69.2 Å². The number of aromatic nitrogens is 2. The van der Waals surface area contributed by atoms with E-state index in [2.05, 4.69) is 72.5 Å². The molecule has 150 valence electrons. The molecule has 0 radical (unpaired) electrons. The maximum atomic E-state index is 6.57. The smallest absolute Gasteiger partial charge is 0.139 e. The first-order chi connectivity index (χ1) is 13.6. The van der Waals surface area contributed by atoms with Gasteiger partial charge in [0.15, 0.2) is 0 Å². The van der Waals surface area contributed by atoms with Crippen molar-refractivity contribution in [2.75, 3.05) is 0 Å². The number of rotatable bonds is 1. The maximum Gasteiger partial charge on any atom is 0.139 e. The van der Waals surface area contributed by atoms with Crippen LogP contribution in [0, 0.1) is 69.2 Å². The summed E-state index contributed by atoms with van der Waals surface area (Å²) in [7, 11) is 0. The van der Waals surface area contributed by atoms with Crippen LogP contribution in [-0.2, 0) is 0 Å². The van der Waals surface area contributed by atoms with E-state index in [1.165, 1.54) is 55.3 Å². The number of aryl methyl sites for hydroxylation is 5. The third-order valence-electron chi connectivity index (χ3n) is 7.34. The second kappa shape index (κ2) is 6.41. The van der Waals surface area contributed by atoms with Crippen molar-refractivity contribution >= 4 is 21.9 Å². The molecule has 0 amide bonds. The van der Waals surface area contributed by atoms with E-state index in [-0.39, 0.29) is 0 Å². The zero-order valence-corrected chi connectivity index (χ0v) is 19.3. The van der Waals surface area contributed by atoms with Gasteiger partial charge in [0.05, 0.1) is 11.4 Å². The minimum atomic E-state index is 0.967. The summed E-state index contributed by atoms with van der Waals surface area (Å²) in [5.74, 6) is 0. The number of fused-ring (bicyclic) bond motifs is 3. The van der Waals surface area contributed by atoms with E-state index in [4.69, 9.17) is 4.42 Å². The van der Waals surface area contributed by atoms with Crippen LogP contribution in [0.4, 0.5) is 0 Å². The monoisotopic (exact) mass is 386 g/mol. The fourth-order valence-electron chi connectivity index (χ4n) is 4.68. The lowest BCUT2D eigenvalue weighted by atomic mass is 9.87. The summed E-state index contributed by atoms with van der Waals surface area (Å²) >= 11 is 0. The van der Waals surface area contributed by atoms with Crippen LogP contribution in [0.15, 0.2) is 4.42 Å².